The number of unbranched alkanes of at least 4 members (excludes halogenated alkanes) is 1. The second kappa shape index (κ2) is 23.7. The molecular weight excluding hydrogens is 164 g/mol. The highest BCUT2D eigenvalue weighted by atomic mass is 35.5. The molecule has 2 N–H and O–H groups in total. The molecule has 0 unspecified atom stereocenters. The van der Waals surface area contributed by atoms with E-state index in [2.05, 4.69) is 6.92 Å². The van der Waals surface area contributed by atoms with E-state index in [0.29, 0.717) is 0 Å². The van der Waals surface area contributed by atoms with E-state index in [1.807, 2.05) is 0 Å². The highest BCUT2D eigenvalue weighted by molar-refractivity contribution is 6.40. The van der Waals surface area contributed by atoms with Crippen LogP contribution in [0.15, 0.2) is 0 Å². The lowest BCUT2D eigenvalue weighted by Gasteiger charge is -1.80. The van der Waals surface area contributed by atoms with Gasteiger partial charge in [0.25, 0.3) is 0 Å². The lowest BCUT2D eigenvalue weighted by Crippen LogP contribution is -1.95. The van der Waals surface area contributed by atoms with Crippen LogP contribution >= 0.6 is 23.2 Å². The third-order valence-corrected chi connectivity index (χ3v) is 0.558. The largest absolute Gasteiger partial charge is 0.330 e. The van der Waals surface area contributed by atoms with Crippen LogP contribution in [0.25, 0.3) is 0 Å². The van der Waals surface area contributed by atoms with Gasteiger partial charge in [-0.1, -0.05) is 13.3 Å². The van der Waals surface area contributed by atoms with E-state index in [-0.39, 0.29) is 10.0 Å². The zero-order valence-corrected chi connectivity index (χ0v) is 7.08. The average Bonchev–Trinajstić information content (AvgIpc) is 1.71. The van der Waals surface area contributed by atoms with E-state index in [1.165, 1.54) is 12.8 Å². The van der Waals surface area contributed by atoms with Gasteiger partial charge in [0.05, 0.1) is 5.34 Å². The van der Waals surface area contributed by atoms with Crippen LogP contribution in [0, 0.1) is 0 Å². The maximum absolute atomic E-state index is 5.14. The molecule has 0 aromatic carbocycles. The maximum Gasteiger partial charge on any atom is 0.0967 e. The van der Waals surface area contributed by atoms with Crippen molar-refractivity contribution in [3.05, 3.63) is 0 Å². The van der Waals surface area contributed by atoms with Gasteiger partial charge in [0, 0.05) is 0 Å². The first-order valence-electron chi connectivity index (χ1n) is 2.65. The van der Waals surface area contributed by atoms with E-state index >= 15 is 0 Å². The molecule has 4 heteroatoms. The number of halogens is 3. The SMILES string of the molecule is CCCCN.ClCCl.F. The van der Waals surface area contributed by atoms with Crippen LogP contribution in [0.5, 0.6) is 0 Å². The predicted molar refractivity (Wildman–Crippen MR) is 43.0 cm³/mol. The molecule has 0 heterocycles. The summed E-state index contributed by atoms with van der Waals surface area (Å²) in [5.74, 6) is 0. The van der Waals surface area contributed by atoms with Gasteiger partial charge in [-0.2, -0.15) is 0 Å². The second-order valence-electron chi connectivity index (χ2n) is 1.24. The molecule has 0 bridgehead atoms. The van der Waals surface area contributed by atoms with Crippen LogP contribution in [0.2, 0.25) is 0 Å². The van der Waals surface area contributed by atoms with E-state index < -0.39 is 0 Å². The summed E-state index contributed by atoms with van der Waals surface area (Å²) in [6, 6.07) is 0. The lowest BCUT2D eigenvalue weighted by atomic mass is 10.3. The van der Waals surface area contributed by atoms with E-state index in [9.17, 15) is 0 Å². The van der Waals surface area contributed by atoms with Crippen molar-refractivity contribution < 1.29 is 4.70 Å². The van der Waals surface area contributed by atoms with Gasteiger partial charge in [0.15, 0.2) is 0 Å². The van der Waals surface area contributed by atoms with Crippen molar-refractivity contribution in [2.45, 2.75) is 19.8 Å². The molecule has 0 saturated heterocycles. The fourth-order valence-electron chi connectivity index (χ4n) is 0.204. The molecule has 0 amide bonds. The minimum absolute atomic E-state index is 0. The topological polar surface area (TPSA) is 26.0 Å². The van der Waals surface area contributed by atoms with Gasteiger partial charge < -0.3 is 5.73 Å². The summed E-state index contributed by atoms with van der Waals surface area (Å²) in [6.07, 6.45) is 2.39. The summed E-state index contributed by atoms with van der Waals surface area (Å²) in [4.78, 5) is 0. The summed E-state index contributed by atoms with van der Waals surface area (Å²) >= 11 is 9.53. The Morgan fingerprint density at radius 3 is 1.67 bits per heavy atom. The minimum atomic E-state index is 0. The van der Waals surface area contributed by atoms with Crippen molar-refractivity contribution in [2.75, 3.05) is 11.9 Å². The normalized spacial score (nSPS) is 6.67. The molecule has 0 spiro atoms. The minimum Gasteiger partial charge on any atom is -0.330 e. The smallest absolute Gasteiger partial charge is 0.0967 e. The van der Waals surface area contributed by atoms with Crippen LogP contribution in [0.3, 0.4) is 0 Å². The summed E-state index contributed by atoms with van der Waals surface area (Å²) in [6.45, 7) is 2.98. The second-order valence-corrected chi connectivity index (χ2v) is 2.05. The molecule has 1 nitrogen and oxygen atoms in total. The quantitative estimate of drug-likeness (QED) is 0.645. The van der Waals surface area contributed by atoms with Crippen LogP contribution in [-0.2, 0) is 0 Å². The monoisotopic (exact) mass is 177 g/mol. The molecule has 0 atom stereocenters. The summed E-state index contributed by atoms with van der Waals surface area (Å²) < 4.78 is 0. The summed E-state index contributed by atoms with van der Waals surface area (Å²) in [7, 11) is 0. The molecule has 0 saturated carbocycles. The Balaban J connectivity index is -0.0000000800. The highest BCUT2D eigenvalue weighted by Crippen LogP contribution is 1.77. The van der Waals surface area contributed by atoms with Crippen molar-refractivity contribution in [2.24, 2.45) is 5.73 Å². The third-order valence-electron chi connectivity index (χ3n) is 0.558. The molecule has 0 aromatic rings. The van der Waals surface area contributed by atoms with Crippen molar-refractivity contribution in [3.63, 3.8) is 0 Å². The first kappa shape index (κ1) is 16.2. The van der Waals surface area contributed by atoms with Crippen LogP contribution in [0.1, 0.15) is 19.8 Å². The molecule has 0 aliphatic heterocycles. The standard InChI is InChI=1S/C4H11N.CH2Cl2.FH/c1-2-3-4-5;2-1-3;/h2-5H2,1H3;1H2;1H. The third kappa shape index (κ3) is 58.1. The average molecular weight is 178 g/mol. The van der Waals surface area contributed by atoms with E-state index in [0.717, 1.165) is 6.54 Å². The molecule has 0 rings (SSSR count). The maximum atomic E-state index is 5.14. The van der Waals surface area contributed by atoms with E-state index in [4.69, 9.17) is 28.9 Å². The number of hydrogen-bond acceptors (Lipinski definition) is 1. The zero-order chi connectivity index (χ0) is 6.83. The fourth-order valence-corrected chi connectivity index (χ4v) is 0.204. The zero-order valence-electron chi connectivity index (χ0n) is 5.57. The first-order chi connectivity index (χ1) is 3.83. The Morgan fingerprint density at radius 2 is 1.67 bits per heavy atom. The van der Waals surface area contributed by atoms with Crippen molar-refractivity contribution >= 4 is 23.2 Å². The lowest BCUT2D eigenvalue weighted by molar-refractivity contribution is 0.807. The molecule has 0 aliphatic rings. The van der Waals surface area contributed by atoms with Gasteiger partial charge in [0.2, 0.25) is 0 Å². The molecule has 0 aliphatic carbocycles. The first-order valence-corrected chi connectivity index (χ1v) is 3.72. The van der Waals surface area contributed by atoms with Crippen molar-refractivity contribution in [3.8, 4) is 0 Å². The Kier molecular flexibility index (Phi) is 42.7. The number of hydrogen-bond donors (Lipinski definition) is 1. The molecular formula is C5H14Cl2FN. The number of alkyl halides is 2. The Bertz CT molecular complexity index is 28.9. The van der Waals surface area contributed by atoms with Gasteiger partial charge in [-0.05, 0) is 13.0 Å². The molecule has 9 heavy (non-hydrogen) atoms. The molecule has 0 fully saturated rings. The molecule has 60 valence electrons. The van der Waals surface area contributed by atoms with Gasteiger partial charge in [-0.3, -0.25) is 4.70 Å². The van der Waals surface area contributed by atoms with Crippen molar-refractivity contribution in [1.29, 1.82) is 0 Å². The summed E-state index contributed by atoms with van der Waals surface area (Å²) in [5.41, 5.74) is 5.14. The Hall–Kier alpha value is 0.470. The number of rotatable bonds is 2. The Labute approximate surface area is 65.9 Å². The predicted octanol–water partition coefficient (Wildman–Crippen LogP) is 2.32. The molecule has 0 aromatic heterocycles. The van der Waals surface area contributed by atoms with Crippen LogP contribution < -0.4 is 5.73 Å². The van der Waals surface area contributed by atoms with Crippen molar-refractivity contribution in [1.82, 2.24) is 0 Å². The molecule has 0 radical (unpaired) electrons. The number of nitrogens with two attached hydrogens (primary N) is 1. The van der Waals surface area contributed by atoms with Gasteiger partial charge >= 0.3 is 0 Å². The van der Waals surface area contributed by atoms with Gasteiger partial charge in [0.1, 0.15) is 0 Å². The van der Waals surface area contributed by atoms with Crippen LogP contribution in [-0.4, -0.2) is 11.9 Å². The highest BCUT2D eigenvalue weighted by Gasteiger charge is 1.67. The fraction of sp³-hybridized carbons (Fsp3) is 1.00. The van der Waals surface area contributed by atoms with Gasteiger partial charge in [-0.15, -0.1) is 23.2 Å². The van der Waals surface area contributed by atoms with Gasteiger partial charge in [-0.25, -0.2) is 0 Å². The Morgan fingerprint density at radius 1 is 1.33 bits per heavy atom. The summed E-state index contributed by atoms with van der Waals surface area (Å²) in [5, 5.41) is 0.194. The van der Waals surface area contributed by atoms with E-state index in [1.54, 1.807) is 0 Å². The van der Waals surface area contributed by atoms with Crippen LogP contribution in [0.4, 0.5) is 4.70 Å².